The standard InChI is InChI=1S/C25H21NO3S/c1-18-13-15-22(16-14-18)30(28,29)26-19(2)17-23(20-9-5-3-6-10-20)24(26)25(27)21-11-7-4-8-12-21/h3-17H,1-2H3. The molecule has 0 bridgehead atoms. The molecule has 0 aliphatic heterocycles. The molecular weight excluding hydrogens is 394 g/mol. The van der Waals surface area contributed by atoms with Crippen LogP contribution in [-0.2, 0) is 10.0 Å². The van der Waals surface area contributed by atoms with Gasteiger partial charge in [-0.3, -0.25) is 4.79 Å². The SMILES string of the molecule is Cc1ccc(S(=O)(=O)n2c(C)cc(-c3ccccc3)c2C(=O)c2ccccc2)cc1. The molecule has 150 valence electrons. The third kappa shape index (κ3) is 3.48. The maximum atomic E-state index is 13.6. The zero-order chi connectivity index (χ0) is 21.3. The first-order valence-corrected chi connectivity index (χ1v) is 11.0. The third-order valence-corrected chi connectivity index (χ3v) is 6.85. The van der Waals surface area contributed by atoms with Crippen LogP contribution >= 0.6 is 0 Å². The van der Waals surface area contributed by atoms with Gasteiger partial charge in [0.05, 0.1) is 4.90 Å². The fraction of sp³-hybridized carbons (Fsp3) is 0.0800. The molecule has 0 atom stereocenters. The van der Waals surface area contributed by atoms with Crippen molar-refractivity contribution in [1.29, 1.82) is 0 Å². The van der Waals surface area contributed by atoms with Gasteiger partial charge in [0.15, 0.2) is 0 Å². The van der Waals surface area contributed by atoms with Crippen molar-refractivity contribution in [1.82, 2.24) is 3.97 Å². The molecule has 3 aromatic carbocycles. The summed E-state index contributed by atoms with van der Waals surface area (Å²) in [5.74, 6) is -0.335. The molecule has 4 rings (SSSR count). The molecule has 0 aliphatic rings. The van der Waals surface area contributed by atoms with E-state index in [0.29, 0.717) is 16.8 Å². The first-order valence-electron chi connectivity index (χ1n) is 9.59. The fourth-order valence-corrected chi connectivity index (χ4v) is 5.07. The quantitative estimate of drug-likeness (QED) is 0.419. The van der Waals surface area contributed by atoms with Crippen LogP contribution in [0.1, 0.15) is 27.3 Å². The maximum Gasteiger partial charge on any atom is 0.268 e. The minimum absolute atomic E-state index is 0.144. The Morgan fingerprint density at radius 2 is 1.33 bits per heavy atom. The van der Waals surface area contributed by atoms with E-state index in [-0.39, 0.29) is 16.4 Å². The van der Waals surface area contributed by atoms with Gasteiger partial charge in [-0.2, -0.15) is 0 Å². The molecule has 0 amide bonds. The number of benzene rings is 3. The number of rotatable bonds is 5. The summed E-state index contributed by atoms with van der Waals surface area (Å²) in [5, 5.41) is 0. The molecule has 0 radical (unpaired) electrons. The summed E-state index contributed by atoms with van der Waals surface area (Å²) in [7, 11) is -3.96. The Labute approximate surface area is 176 Å². The Morgan fingerprint density at radius 1 is 0.767 bits per heavy atom. The molecule has 0 N–H and O–H groups in total. The fourth-order valence-electron chi connectivity index (χ4n) is 3.53. The number of ketones is 1. The van der Waals surface area contributed by atoms with Gasteiger partial charge in [0.25, 0.3) is 10.0 Å². The summed E-state index contributed by atoms with van der Waals surface area (Å²) in [6.07, 6.45) is 0. The van der Waals surface area contributed by atoms with E-state index in [1.54, 1.807) is 61.5 Å². The number of hydrogen-bond donors (Lipinski definition) is 0. The van der Waals surface area contributed by atoms with Crippen LogP contribution < -0.4 is 0 Å². The van der Waals surface area contributed by atoms with Crippen LogP contribution in [0.2, 0.25) is 0 Å². The highest BCUT2D eigenvalue weighted by Crippen LogP contribution is 2.32. The second-order valence-electron chi connectivity index (χ2n) is 7.19. The molecular formula is C25H21NO3S. The van der Waals surface area contributed by atoms with Gasteiger partial charge < -0.3 is 0 Å². The lowest BCUT2D eigenvalue weighted by Gasteiger charge is -2.14. The van der Waals surface area contributed by atoms with Gasteiger partial charge in [0.2, 0.25) is 5.78 Å². The van der Waals surface area contributed by atoms with E-state index in [1.807, 2.05) is 43.3 Å². The zero-order valence-electron chi connectivity index (χ0n) is 16.7. The predicted molar refractivity (Wildman–Crippen MR) is 118 cm³/mol. The lowest BCUT2D eigenvalue weighted by Crippen LogP contribution is -2.20. The molecule has 0 aliphatic carbocycles. The Kier molecular flexibility index (Phi) is 5.14. The topological polar surface area (TPSA) is 56.1 Å². The van der Waals surface area contributed by atoms with Crippen LogP contribution in [0, 0.1) is 13.8 Å². The first kappa shape index (κ1) is 19.9. The number of nitrogens with zero attached hydrogens (tertiary/aromatic N) is 1. The van der Waals surface area contributed by atoms with Gasteiger partial charge in [-0.1, -0.05) is 78.4 Å². The third-order valence-electron chi connectivity index (χ3n) is 5.03. The van der Waals surface area contributed by atoms with Crippen molar-refractivity contribution >= 4 is 15.8 Å². The van der Waals surface area contributed by atoms with Gasteiger partial charge in [-0.15, -0.1) is 0 Å². The van der Waals surface area contributed by atoms with Gasteiger partial charge in [0, 0.05) is 16.8 Å². The molecule has 1 aromatic heterocycles. The number of aryl methyl sites for hydroxylation is 2. The van der Waals surface area contributed by atoms with Crippen molar-refractivity contribution in [2.24, 2.45) is 0 Å². The first-order chi connectivity index (χ1) is 14.4. The van der Waals surface area contributed by atoms with E-state index >= 15 is 0 Å². The molecule has 0 unspecified atom stereocenters. The highest BCUT2D eigenvalue weighted by Gasteiger charge is 2.29. The Hall–Kier alpha value is -3.44. The lowest BCUT2D eigenvalue weighted by atomic mass is 10.0. The normalized spacial score (nSPS) is 11.4. The number of aromatic nitrogens is 1. The second-order valence-corrected chi connectivity index (χ2v) is 8.98. The highest BCUT2D eigenvalue weighted by molar-refractivity contribution is 7.90. The van der Waals surface area contributed by atoms with Crippen LogP contribution in [0.5, 0.6) is 0 Å². The zero-order valence-corrected chi connectivity index (χ0v) is 17.6. The lowest BCUT2D eigenvalue weighted by molar-refractivity contribution is 0.103. The van der Waals surface area contributed by atoms with E-state index < -0.39 is 10.0 Å². The van der Waals surface area contributed by atoms with Gasteiger partial charge in [-0.05, 0) is 37.6 Å². The molecule has 1 heterocycles. The monoisotopic (exact) mass is 415 g/mol. The number of carbonyl (C=O) groups is 1. The summed E-state index contributed by atoms with van der Waals surface area (Å²) < 4.78 is 28.3. The minimum Gasteiger partial charge on any atom is -0.287 e. The number of hydrogen-bond acceptors (Lipinski definition) is 3. The van der Waals surface area contributed by atoms with Crippen molar-refractivity contribution in [2.75, 3.05) is 0 Å². The van der Waals surface area contributed by atoms with Crippen LogP contribution in [0.4, 0.5) is 0 Å². The van der Waals surface area contributed by atoms with E-state index in [2.05, 4.69) is 0 Å². The van der Waals surface area contributed by atoms with E-state index in [4.69, 9.17) is 0 Å². The van der Waals surface area contributed by atoms with Gasteiger partial charge >= 0.3 is 0 Å². The minimum atomic E-state index is -3.96. The van der Waals surface area contributed by atoms with E-state index in [1.165, 1.54) is 3.97 Å². The average Bonchev–Trinajstić information content (AvgIpc) is 3.12. The average molecular weight is 416 g/mol. The highest BCUT2D eigenvalue weighted by atomic mass is 32.2. The molecule has 4 aromatic rings. The predicted octanol–water partition coefficient (Wildman–Crippen LogP) is 5.24. The summed E-state index contributed by atoms with van der Waals surface area (Å²) in [6.45, 7) is 3.61. The summed E-state index contributed by atoms with van der Waals surface area (Å²) >= 11 is 0. The van der Waals surface area contributed by atoms with E-state index in [0.717, 1.165) is 11.1 Å². The van der Waals surface area contributed by atoms with Crippen molar-refractivity contribution in [2.45, 2.75) is 18.7 Å². The molecule has 0 saturated heterocycles. The molecule has 30 heavy (non-hydrogen) atoms. The summed E-state index contributed by atoms with van der Waals surface area (Å²) in [6, 6.07) is 26.5. The van der Waals surface area contributed by atoms with Crippen LogP contribution in [0.15, 0.2) is 95.9 Å². The largest absolute Gasteiger partial charge is 0.287 e. The number of carbonyl (C=O) groups excluding carboxylic acids is 1. The molecule has 5 heteroatoms. The Balaban J connectivity index is 2.00. The molecule has 4 nitrogen and oxygen atoms in total. The Bertz CT molecular complexity index is 1300. The molecule has 0 fully saturated rings. The van der Waals surface area contributed by atoms with Crippen molar-refractivity contribution < 1.29 is 13.2 Å². The smallest absolute Gasteiger partial charge is 0.268 e. The Morgan fingerprint density at radius 3 is 1.93 bits per heavy atom. The summed E-state index contributed by atoms with van der Waals surface area (Å²) in [4.78, 5) is 13.7. The van der Waals surface area contributed by atoms with Crippen LogP contribution in [0.25, 0.3) is 11.1 Å². The molecule has 0 saturated carbocycles. The van der Waals surface area contributed by atoms with Gasteiger partial charge in [0.1, 0.15) is 5.69 Å². The van der Waals surface area contributed by atoms with Crippen molar-refractivity contribution in [3.05, 3.63) is 114 Å². The van der Waals surface area contributed by atoms with Gasteiger partial charge in [-0.25, -0.2) is 12.4 Å². The van der Waals surface area contributed by atoms with Crippen molar-refractivity contribution in [3.63, 3.8) is 0 Å². The van der Waals surface area contributed by atoms with Crippen LogP contribution in [-0.4, -0.2) is 18.2 Å². The van der Waals surface area contributed by atoms with Crippen molar-refractivity contribution in [3.8, 4) is 11.1 Å². The van der Waals surface area contributed by atoms with E-state index in [9.17, 15) is 13.2 Å². The van der Waals surface area contributed by atoms with Crippen LogP contribution in [0.3, 0.4) is 0 Å². The maximum absolute atomic E-state index is 13.6. The second kappa shape index (κ2) is 7.76. The summed E-state index contributed by atoms with van der Waals surface area (Å²) in [5.41, 5.74) is 3.41. The molecule has 0 spiro atoms.